The smallest absolute Gasteiger partial charge is 0.331 e. The van der Waals surface area contributed by atoms with Gasteiger partial charge in [0.25, 0.3) is 0 Å². The van der Waals surface area contributed by atoms with Crippen LogP contribution in [0.2, 0.25) is 0 Å². The molecule has 0 unspecified atom stereocenters. The lowest BCUT2D eigenvalue weighted by Gasteiger charge is -2.08. The summed E-state index contributed by atoms with van der Waals surface area (Å²) in [5.74, 6) is -1.12. The minimum absolute atomic E-state index is 0.303. The largest absolute Gasteiger partial charge is 0.466 e. The topological polar surface area (TPSA) is 55.8 Å². The lowest BCUT2D eigenvalue weighted by Crippen LogP contribution is -2.19. The van der Waals surface area contributed by atoms with Crippen molar-refractivity contribution in [3.63, 3.8) is 0 Å². The van der Waals surface area contributed by atoms with Gasteiger partial charge in [-0.3, -0.25) is 0 Å². The van der Waals surface area contributed by atoms with Gasteiger partial charge < -0.3 is 14.4 Å². The van der Waals surface area contributed by atoms with E-state index in [0.29, 0.717) is 13.2 Å². The molecule has 5 nitrogen and oxygen atoms in total. The van der Waals surface area contributed by atoms with Crippen molar-refractivity contribution >= 4 is 11.9 Å². The summed E-state index contributed by atoms with van der Waals surface area (Å²) in [6.45, 7) is 0.954. The fourth-order valence-corrected chi connectivity index (χ4v) is 0.581. The van der Waals surface area contributed by atoms with Crippen molar-refractivity contribution in [1.82, 2.24) is 4.90 Å². The third-order valence-corrected chi connectivity index (χ3v) is 1.34. The summed E-state index contributed by atoms with van der Waals surface area (Å²) in [6.07, 6.45) is 2.07. The molecule has 0 saturated carbocycles. The normalized spacial score (nSPS) is 10.6. The summed E-state index contributed by atoms with van der Waals surface area (Å²) >= 11 is 0. The molecule has 14 heavy (non-hydrogen) atoms. The molecule has 0 aliphatic rings. The van der Waals surface area contributed by atoms with Gasteiger partial charge in [0, 0.05) is 18.7 Å². The number of carbonyl (C=O) groups is 2. The first-order chi connectivity index (χ1) is 6.56. The Balaban J connectivity index is 3.65. The van der Waals surface area contributed by atoms with Crippen molar-refractivity contribution in [2.75, 3.05) is 34.4 Å². The molecule has 0 bridgehead atoms. The molecule has 0 fully saturated rings. The van der Waals surface area contributed by atoms with E-state index in [1.54, 1.807) is 0 Å². The van der Waals surface area contributed by atoms with Crippen LogP contribution in [0.1, 0.15) is 0 Å². The predicted octanol–water partition coefficient (Wildman–Crippen LogP) is -0.180. The highest BCUT2D eigenvalue weighted by Crippen LogP contribution is 1.85. The first-order valence-electron chi connectivity index (χ1n) is 4.13. The molecule has 0 aliphatic heterocycles. The minimum atomic E-state index is -0.574. The first kappa shape index (κ1) is 12.6. The van der Waals surface area contributed by atoms with Gasteiger partial charge in [-0.05, 0) is 14.1 Å². The number of hydrogen-bond acceptors (Lipinski definition) is 5. The zero-order valence-corrected chi connectivity index (χ0v) is 8.65. The highest BCUT2D eigenvalue weighted by Gasteiger charge is 1.99. The average Bonchev–Trinajstić information content (AvgIpc) is 2.13. The van der Waals surface area contributed by atoms with Crippen LogP contribution in [0, 0.1) is 0 Å². The Kier molecular flexibility index (Phi) is 6.39. The highest BCUT2D eigenvalue weighted by molar-refractivity contribution is 5.91. The maximum atomic E-state index is 10.9. The molecule has 0 aromatic heterocycles. The van der Waals surface area contributed by atoms with E-state index in [1.807, 2.05) is 19.0 Å². The molecule has 0 heterocycles. The molecule has 0 spiro atoms. The second-order valence-electron chi connectivity index (χ2n) is 2.83. The van der Waals surface area contributed by atoms with Gasteiger partial charge in [-0.2, -0.15) is 0 Å². The van der Waals surface area contributed by atoms with E-state index in [-0.39, 0.29) is 0 Å². The average molecular weight is 201 g/mol. The number of methoxy groups -OCH3 is 1. The van der Waals surface area contributed by atoms with E-state index in [4.69, 9.17) is 4.74 Å². The van der Waals surface area contributed by atoms with Crippen molar-refractivity contribution in [3.8, 4) is 0 Å². The van der Waals surface area contributed by atoms with Gasteiger partial charge in [0.1, 0.15) is 6.61 Å². The Labute approximate surface area is 83.3 Å². The van der Waals surface area contributed by atoms with Crippen molar-refractivity contribution < 1.29 is 19.1 Å². The summed E-state index contributed by atoms with van der Waals surface area (Å²) in [5, 5.41) is 0. The fourth-order valence-electron chi connectivity index (χ4n) is 0.581. The number of nitrogens with zero attached hydrogens (tertiary/aromatic N) is 1. The van der Waals surface area contributed by atoms with Gasteiger partial charge in [0.15, 0.2) is 0 Å². The second kappa shape index (κ2) is 7.08. The number of esters is 2. The third-order valence-electron chi connectivity index (χ3n) is 1.34. The zero-order valence-electron chi connectivity index (χ0n) is 8.65. The Morgan fingerprint density at radius 1 is 1.21 bits per heavy atom. The van der Waals surface area contributed by atoms with Crippen LogP contribution in [-0.2, 0) is 19.1 Å². The molecule has 0 saturated heterocycles. The van der Waals surface area contributed by atoms with E-state index in [2.05, 4.69) is 4.74 Å². The van der Waals surface area contributed by atoms with Crippen molar-refractivity contribution in [3.05, 3.63) is 12.2 Å². The van der Waals surface area contributed by atoms with Gasteiger partial charge in [-0.15, -0.1) is 0 Å². The van der Waals surface area contributed by atoms with E-state index < -0.39 is 11.9 Å². The number of hydrogen-bond donors (Lipinski definition) is 0. The Hall–Kier alpha value is -1.36. The summed E-state index contributed by atoms with van der Waals surface area (Å²) in [5.41, 5.74) is 0. The van der Waals surface area contributed by atoms with Gasteiger partial charge >= 0.3 is 11.9 Å². The fraction of sp³-hybridized carbons (Fsp3) is 0.556. The molecule has 0 aliphatic carbocycles. The van der Waals surface area contributed by atoms with Crippen LogP contribution < -0.4 is 0 Å². The maximum Gasteiger partial charge on any atom is 0.331 e. The third kappa shape index (κ3) is 7.30. The molecule has 0 N–H and O–H groups in total. The molecule has 0 aromatic rings. The lowest BCUT2D eigenvalue weighted by molar-refractivity contribution is -0.139. The van der Waals surface area contributed by atoms with E-state index in [0.717, 1.165) is 12.2 Å². The van der Waals surface area contributed by atoms with Crippen LogP contribution in [0.25, 0.3) is 0 Å². The number of rotatable bonds is 5. The summed E-state index contributed by atoms with van der Waals surface area (Å²) in [7, 11) is 4.99. The van der Waals surface area contributed by atoms with E-state index >= 15 is 0 Å². The Morgan fingerprint density at radius 2 is 1.79 bits per heavy atom. The molecule has 0 rings (SSSR count). The van der Waals surface area contributed by atoms with Crippen LogP contribution in [0.15, 0.2) is 12.2 Å². The summed E-state index contributed by atoms with van der Waals surface area (Å²) in [6, 6.07) is 0. The highest BCUT2D eigenvalue weighted by atomic mass is 16.5. The van der Waals surface area contributed by atoms with E-state index in [1.165, 1.54) is 7.11 Å². The SMILES string of the molecule is COC(=O)/C=C/C(=O)OCCN(C)C. The van der Waals surface area contributed by atoms with Crippen molar-refractivity contribution in [1.29, 1.82) is 0 Å². The number of carbonyl (C=O) groups excluding carboxylic acids is 2. The van der Waals surface area contributed by atoms with Crippen LogP contribution in [0.3, 0.4) is 0 Å². The summed E-state index contributed by atoms with van der Waals surface area (Å²) in [4.78, 5) is 23.4. The molecule has 0 amide bonds. The number of ether oxygens (including phenoxy) is 2. The van der Waals surface area contributed by atoms with Gasteiger partial charge in [-0.1, -0.05) is 0 Å². The van der Waals surface area contributed by atoms with Gasteiger partial charge in [0.2, 0.25) is 0 Å². The zero-order chi connectivity index (χ0) is 11.0. The quantitative estimate of drug-likeness (QED) is 0.456. The van der Waals surface area contributed by atoms with Crippen molar-refractivity contribution in [2.45, 2.75) is 0 Å². The Morgan fingerprint density at radius 3 is 2.29 bits per heavy atom. The van der Waals surface area contributed by atoms with Gasteiger partial charge in [0.05, 0.1) is 7.11 Å². The van der Waals surface area contributed by atoms with Crippen LogP contribution in [0.4, 0.5) is 0 Å². The minimum Gasteiger partial charge on any atom is -0.466 e. The van der Waals surface area contributed by atoms with Crippen molar-refractivity contribution in [2.24, 2.45) is 0 Å². The first-order valence-corrected chi connectivity index (χ1v) is 4.13. The van der Waals surface area contributed by atoms with Crippen LogP contribution >= 0.6 is 0 Å². The Bertz CT molecular complexity index is 223. The molecule has 0 atom stereocenters. The number of likely N-dealkylation sites (N-methyl/N-ethyl adjacent to an activating group) is 1. The summed E-state index contributed by atoms with van der Waals surface area (Å²) < 4.78 is 9.07. The monoisotopic (exact) mass is 201 g/mol. The molecule has 0 aromatic carbocycles. The van der Waals surface area contributed by atoms with Gasteiger partial charge in [-0.25, -0.2) is 9.59 Å². The standard InChI is InChI=1S/C9H15NO4/c1-10(2)6-7-14-9(12)5-4-8(11)13-3/h4-5H,6-7H2,1-3H3/b5-4+. The van der Waals surface area contributed by atoms with Crippen LogP contribution in [-0.4, -0.2) is 51.2 Å². The van der Waals surface area contributed by atoms with Crippen LogP contribution in [0.5, 0.6) is 0 Å². The molecule has 0 radical (unpaired) electrons. The molecule has 5 heteroatoms. The molecular weight excluding hydrogens is 186 g/mol. The molecular formula is C9H15NO4. The predicted molar refractivity (Wildman–Crippen MR) is 50.7 cm³/mol. The maximum absolute atomic E-state index is 10.9. The van der Waals surface area contributed by atoms with E-state index in [9.17, 15) is 9.59 Å². The lowest BCUT2D eigenvalue weighted by atomic mass is 10.5. The molecule has 80 valence electrons. The second-order valence-corrected chi connectivity index (χ2v) is 2.83.